The molecule has 0 saturated heterocycles. The van der Waals surface area contributed by atoms with Crippen LogP contribution in [-0.2, 0) is 7.05 Å². The lowest BCUT2D eigenvalue weighted by Crippen LogP contribution is -2.33. The van der Waals surface area contributed by atoms with Gasteiger partial charge in [-0.1, -0.05) is 12.8 Å². The molecule has 80 valence electrons. The molecule has 0 fully saturated rings. The Morgan fingerprint density at radius 1 is 1.87 bits per heavy atom. The van der Waals surface area contributed by atoms with E-state index in [1.807, 2.05) is 6.92 Å². The van der Waals surface area contributed by atoms with Crippen molar-refractivity contribution in [1.82, 2.24) is 15.1 Å². The number of carbonyl (C=O) groups excluding carboxylic acids is 1. The number of anilines is 1. The molecule has 0 aromatic carbocycles. The van der Waals surface area contributed by atoms with Crippen LogP contribution in [0.2, 0.25) is 0 Å². The highest BCUT2D eigenvalue weighted by Crippen LogP contribution is 2.07. The molecule has 1 aromatic rings. The van der Waals surface area contributed by atoms with Crippen molar-refractivity contribution < 1.29 is 4.79 Å². The lowest BCUT2D eigenvalue weighted by Gasteiger charge is -2.09. The first-order valence-electron chi connectivity index (χ1n) is 4.64. The van der Waals surface area contributed by atoms with Crippen LogP contribution in [0.15, 0.2) is 6.20 Å². The van der Waals surface area contributed by atoms with Crippen LogP contribution in [0.3, 0.4) is 0 Å². The van der Waals surface area contributed by atoms with Gasteiger partial charge >= 0.3 is 0 Å². The number of hydrogen-bond donors (Lipinski definition) is 2. The fourth-order valence-electron chi connectivity index (χ4n) is 1.17. The Bertz CT molecular complexity index is 402. The summed E-state index contributed by atoms with van der Waals surface area (Å²) >= 11 is 0. The Balaban J connectivity index is 2.78. The summed E-state index contributed by atoms with van der Waals surface area (Å²) in [6, 6.07) is -0.279. The fraction of sp³-hybridized carbons (Fsp3) is 0.400. The van der Waals surface area contributed by atoms with Crippen LogP contribution >= 0.6 is 0 Å². The van der Waals surface area contributed by atoms with Crippen LogP contribution in [0.4, 0.5) is 5.69 Å². The molecule has 15 heavy (non-hydrogen) atoms. The summed E-state index contributed by atoms with van der Waals surface area (Å²) in [5.74, 6) is 2.14. The van der Waals surface area contributed by atoms with Gasteiger partial charge in [0.25, 0.3) is 5.91 Å². The highest BCUT2D eigenvalue weighted by Gasteiger charge is 2.15. The van der Waals surface area contributed by atoms with E-state index in [0.29, 0.717) is 12.1 Å². The first-order valence-corrected chi connectivity index (χ1v) is 4.64. The van der Waals surface area contributed by atoms with Gasteiger partial charge in [0.2, 0.25) is 0 Å². The number of terminal acetylenes is 1. The Labute approximate surface area is 88.6 Å². The zero-order chi connectivity index (χ0) is 11.4. The summed E-state index contributed by atoms with van der Waals surface area (Å²) in [7, 11) is 1.70. The van der Waals surface area contributed by atoms with Crippen molar-refractivity contribution >= 4 is 11.6 Å². The topological polar surface area (TPSA) is 72.9 Å². The summed E-state index contributed by atoms with van der Waals surface area (Å²) in [5, 5.41) is 6.60. The summed E-state index contributed by atoms with van der Waals surface area (Å²) in [6.45, 7) is 1.90. The SMILES string of the molecule is C#CC(CC)NC(=O)c1nn(C)cc1N. The van der Waals surface area contributed by atoms with E-state index in [2.05, 4.69) is 16.3 Å². The molecule has 0 saturated carbocycles. The van der Waals surface area contributed by atoms with Gasteiger partial charge < -0.3 is 11.1 Å². The third-order valence-electron chi connectivity index (χ3n) is 1.99. The van der Waals surface area contributed by atoms with Gasteiger partial charge in [-0.3, -0.25) is 9.48 Å². The van der Waals surface area contributed by atoms with E-state index in [0.717, 1.165) is 0 Å². The van der Waals surface area contributed by atoms with E-state index in [1.54, 1.807) is 13.2 Å². The number of nitrogens with one attached hydrogen (secondary N) is 1. The fourth-order valence-corrected chi connectivity index (χ4v) is 1.17. The summed E-state index contributed by atoms with van der Waals surface area (Å²) in [5.41, 5.74) is 6.17. The second kappa shape index (κ2) is 4.51. The van der Waals surface area contributed by atoms with E-state index in [4.69, 9.17) is 12.2 Å². The monoisotopic (exact) mass is 206 g/mol. The molecular weight excluding hydrogens is 192 g/mol. The highest BCUT2D eigenvalue weighted by atomic mass is 16.2. The number of rotatable bonds is 3. The molecule has 0 aliphatic carbocycles. The van der Waals surface area contributed by atoms with E-state index in [9.17, 15) is 4.79 Å². The Morgan fingerprint density at radius 3 is 2.93 bits per heavy atom. The maximum atomic E-state index is 11.6. The molecule has 0 radical (unpaired) electrons. The van der Waals surface area contributed by atoms with Crippen molar-refractivity contribution in [3.63, 3.8) is 0 Å². The molecule has 1 aromatic heterocycles. The number of aromatic nitrogens is 2. The van der Waals surface area contributed by atoms with Crippen LogP contribution in [0.25, 0.3) is 0 Å². The number of nitrogen functional groups attached to an aromatic ring is 1. The van der Waals surface area contributed by atoms with Crippen LogP contribution in [0.1, 0.15) is 23.8 Å². The van der Waals surface area contributed by atoms with Crippen molar-refractivity contribution in [2.75, 3.05) is 5.73 Å². The van der Waals surface area contributed by atoms with Gasteiger partial charge in [-0.25, -0.2) is 0 Å². The lowest BCUT2D eigenvalue weighted by atomic mass is 10.2. The normalized spacial score (nSPS) is 11.8. The Hall–Kier alpha value is -1.96. The van der Waals surface area contributed by atoms with E-state index < -0.39 is 0 Å². The molecule has 0 spiro atoms. The zero-order valence-corrected chi connectivity index (χ0v) is 8.82. The van der Waals surface area contributed by atoms with Gasteiger partial charge in [0.15, 0.2) is 5.69 Å². The van der Waals surface area contributed by atoms with Crippen molar-refractivity contribution in [2.45, 2.75) is 19.4 Å². The minimum Gasteiger partial charge on any atom is -0.396 e. The smallest absolute Gasteiger partial charge is 0.274 e. The minimum absolute atomic E-state index is 0.214. The predicted molar refractivity (Wildman–Crippen MR) is 58.0 cm³/mol. The molecule has 1 atom stereocenters. The second-order valence-electron chi connectivity index (χ2n) is 3.21. The molecule has 1 unspecified atom stereocenters. The third-order valence-corrected chi connectivity index (χ3v) is 1.99. The molecule has 0 aliphatic heterocycles. The first-order chi connectivity index (χ1) is 7.08. The van der Waals surface area contributed by atoms with Crippen molar-refractivity contribution in [1.29, 1.82) is 0 Å². The summed E-state index contributed by atoms with van der Waals surface area (Å²) in [6.07, 6.45) is 7.48. The van der Waals surface area contributed by atoms with Crippen LogP contribution in [-0.4, -0.2) is 21.7 Å². The number of amides is 1. The molecule has 3 N–H and O–H groups in total. The molecule has 5 heteroatoms. The maximum absolute atomic E-state index is 11.6. The maximum Gasteiger partial charge on any atom is 0.274 e. The van der Waals surface area contributed by atoms with E-state index in [-0.39, 0.29) is 17.6 Å². The van der Waals surface area contributed by atoms with Crippen molar-refractivity contribution in [3.8, 4) is 12.3 Å². The summed E-state index contributed by atoms with van der Waals surface area (Å²) in [4.78, 5) is 11.6. The van der Waals surface area contributed by atoms with Gasteiger partial charge in [-0.2, -0.15) is 5.10 Å². The number of hydrogen-bond acceptors (Lipinski definition) is 3. The first kappa shape index (κ1) is 11.1. The van der Waals surface area contributed by atoms with E-state index in [1.165, 1.54) is 4.68 Å². The molecule has 0 aliphatic rings. The predicted octanol–water partition coefficient (Wildman–Crippen LogP) is 0.144. The number of nitrogens with two attached hydrogens (primary N) is 1. The molecule has 0 bridgehead atoms. The zero-order valence-electron chi connectivity index (χ0n) is 8.82. The largest absolute Gasteiger partial charge is 0.396 e. The molecule has 1 amide bonds. The van der Waals surface area contributed by atoms with Crippen molar-refractivity contribution in [3.05, 3.63) is 11.9 Å². The quantitative estimate of drug-likeness (QED) is 0.691. The lowest BCUT2D eigenvalue weighted by molar-refractivity contribution is 0.0940. The minimum atomic E-state index is -0.335. The van der Waals surface area contributed by atoms with Crippen LogP contribution in [0.5, 0.6) is 0 Å². The van der Waals surface area contributed by atoms with E-state index >= 15 is 0 Å². The van der Waals surface area contributed by atoms with Gasteiger partial charge in [-0.15, -0.1) is 6.42 Å². The molecular formula is C10H14N4O. The van der Waals surface area contributed by atoms with Crippen molar-refractivity contribution in [2.24, 2.45) is 7.05 Å². The highest BCUT2D eigenvalue weighted by molar-refractivity contribution is 5.97. The summed E-state index contributed by atoms with van der Waals surface area (Å²) < 4.78 is 1.49. The van der Waals surface area contributed by atoms with Gasteiger partial charge in [-0.05, 0) is 6.42 Å². The number of carbonyl (C=O) groups is 1. The van der Waals surface area contributed by atoms with Gasteiger partial charge in [0, 0.05) is 13.2 Å². The third kappa shape index (κ3) is 2.50. The average Bonchev–Trinajstić information content (AvgIpc) is 2.54. The van der Waals surface area contributed by atoms with Gasteiger partial charge in [0.05, 0.1) is 11.7 Å². The number of aryl methyl sites for hydroxylation is 1. The molecule has 1 heterocycles. The molecule has 1 rings (SSSR count). The Kier molecular flexibility index (Phi) is 3.34. The van der Waals surface area contributed by atoms with Crippen LogP contribution < -0.4 is 11.1 Å². The molecule has 5 nitrogen and oxygen atoms in total. The average molecular weight is 206 g/mol. The van der Waals surface area contributed by atoms with Crippen LogP contribution in [0, 0.1) is 12.3 Å². The Morgan fingerprint density at radius 2 is 2.53 bits per heavy atom. The number of nitrogens with zero attached hydrogens (tertiary/aromatic N) is 2. The van der Waals surface area contributed by atoms with Gasteiger partial charge in [0.1, 0.15) is 0 Å². The second-order valence-corrected chi connectivity index (χ2v) is 3.21. The standard InChI is InChI=1S/C10H14N4O/c1-4-7(5-2)12-10(15)9-8(11)6-14(3)13-9/h1,6-7H,5,11H2,2-3H3,(H,12,15).